The van der Waals surface area contributed by atoms with E-state index in [0.29, 0.717) is 0 Å². The first-order chi connectivity index (χ1) is 9.16. The lowest BCUT2D eigenvalue weighted by molar-refractivity contribution is -0.113. The molecular weight excluding hydrogens is 268 g/mol. The zero-order chi connectivity index (χ0) is 13.7. The molecule has 0 saturated carbocycles. The van der Waals surface area contributed by atoms with Crippen molar-refractivity contribution in [3.8, 4) is 0 Å². The van der Waals surface area contributed by atoms with Crippen LogP contribution in [0.15, 0.2) is 53.4 Å². The van der Waals surface area contributed by atoms with Crippen LogP contribution in [0.1, 0.15) is 0 Å². The molecule has 2 rings (SSSR count). The van der Waals surface area contributed by atoms with Crippen LogP contribution in [0, 0.1) is 11.6 Å². The lowest BCUT2D eigenvalue weighted by Crippen LogP contribution is -2.16. The van der Waals surface area contributed by atoms with Crippen molar-refractivity contribution < 1.29 is 13.6 Å². The highest BCUT2D eigenvalue weighted by molar-refractivity contribution is 8.00. The number of amides is 1. The van der Waals surface area contributed by atoms with Gasteiger partial charge >= 0.3 is 0 Å². The summed E-state index contributed by atoms with van der Waals surface area (Å²) in [6, 6.07) is 12.8. The lowest BCUT2D eigenvalue weighted by atomic mass is 10.3. The van der Waals surface area contributed by atoms with Gasteiger partial charge in [0.05, 0.1) is 5.75 Å². The van der Waals surface area contributed by atoms with Crippen LogP contribution in [0.25, 0.3) is 0 Å². The largest absolute Gasteiger partial charge is 0.320 e. The van der Waals surface area contributed by atoms with Gasteiger partial charge in [0, 0.05) is 4.90 Å². The minimum Gasteiger partial charge on any atom is -0.320 e. The van der Waals surface area contributed by atoms with Crippen LogP contribution in [-0.4, -0.2) is 11.7 Å². The highest BCUT2D eigenvalue weighted by Crippen LogP contribution is 2.20. The molecule has 0 bridgehead atoms. The molecule has 0 saturated heterocycles. The maximum absolute atomic E-state index is 13.3. The molecule has 0 heterocycles. The molecule has 0 aliphatic carbocycles. The Morgan fingerprint density at radius 3 is 2.26 bits per heavy atom. The average molecular weight is 279 g/mol. The summed E-state index contributed by atoms with van der Waals surface area (Å²) in [6.45, 7) is 0. The lowest BCUT2D eigenvalue weighted by Gasteiger charge is -2.07. The number of carbonyl (C=O) groups is 1. The summed E-state index contributed by atoms with van der Waals surface area (Å²) in [4.78, 5) is 12.5. The van der Waals surface area contributed by atoms with Crippen LogP contribution in [-0.2, 0) is 4.79 Å². The van der Waals surface area contributed by atoms with E-state index in [4.69, 9.17) is 0 Å². The molecule has 5 heteroatoms. The summed E-state index contributed by atoms with van der Waals surface area (Å²) < 4.78 is 26.6. The van der Waals surface area contributed by atoms with E-state index < -0.39 is 23.2 Å². The van der Waals surface area contributed by atoms with E-state index in [-0.39, 0.29) is 5.75 Å². The SMILES string of the molecule is O=C(CSc1ccccc1)Nc1c(F)cccc1F. The van der Waals surface area contributed by atoms with Gasteiger partial charge in [0.15, 0.2) is 0 Å². The summed E-state index contributed by atoms with van der Waals surface area (Å²) in [5.41, 5.74) is -0.402. The van der Waals surface area contributed by atoms with Crippen molar-refractivity contribution in [3.63, 3.8) is 0 Å². The van der Waals surface area contributed by atoms with Gasteiger partial charge in [-0.1, -0.05) is 24.3 Å². The minimum atomic E-state index is -0.780. The topological polar surface area (TPSA) is 29.1 Å². The number of halogens is 2. The van der Waals surface area contributed by atoms with Crippen molar-refractivity contribution in [1.29, 1.82) is 0 Å². The first-order valence-corrected chi connectivity index (χ1v) is 6.57. The zero-order valence-electron chi connectivity index (χ0n) is 9.90. The third-order valence-corrected chi connectivity index (χ3v) is 3.35. The number of hydrogen-bond acceptors (Lipinski definition) is 2. The van der Waals surface area contributed by atoms with E-state index in [2.05, 4.69) is 5.32 Å². The number of hydrogen-bond donors (Lipinski definition) is 1. The summed E-state index contributed by atoms with van der Waals surface area (Å²) in [6.07, 6.45) is 0. The summed E-state index contributed by atoms with van der Waals surface area (Å²) >= 11 is 1.30. The maximum Gasteiger partial charge on any atom is 0.234 e. The fourth-order valence-corrected chi connectivity index (χ4v) is 2.18. The smallest absolute Gasteiger partial charge is 0.234 e. The Morgan fingerprint density at radius 2 is 1.63 bits per heavy atom. The van der Waals surface area contributed by atoms with E-state index in [9.17, 15) is 13.6 Å². The molecule has 0 aromatic heterocycles. The van der Waals surface area contributed by atoms with Crippen molar-refractivity contribution in [2.75, 3.05) is 11.1 Å². The van der Waals surface area contributed by atoms with Crippen molar-refractivity contribution in [2.45, 2.75) is 4.90 Å². The Labute approximate surface area is 113 Å². The summed E-state index contributed by atoms with van der Waals surface area (Å²) in [5, 5.41) is 2.24. The van der Waals surface area contributed by atoms with Crippen LogP contribution in [0.2, 0.25) is 0 Å². The number of benzene rings is 2. The molecule has 19 heavy (non-hydrogen) atoms. The molecule has 98 valence electrons. The van der Waals surface area contributed by atoms with Gasteiger partial charge in [-0.2, -0.15) is 0 Å². The summed E-state index contributed by atoms with van der Waals surface area (Å²) in [5.74, 6) is -1.91. The van der Waals surface area contributed by atoms with Crippen molar-refractivity contribution in [2.24, 2.45) is 0 Å². The van der Waals surface area contributed by atoms with Gasteiger partial charge in [0.25, 0.3) is 0 Å². The number of rotatable bonds is 4. The molecule has 1 amide bonds. The Bertz CT molecular complexity index is 555. The highest BCUT2D eigenvalue weighted by Gasteiger charge is 2.11. The van der Waals surface area contributed by atoms with Crippen LogP contribution >= 0.6 is 11.8 Å². The molecule has 0 spiro atoms. The molecule has 0 fully saturated rings. The van der Waals surface area contributed by atoms with Crippen LogP contribution in [0.5, 0.6) is 0 Å². The molecule has 0 radical (unpaired) electrons. The van der Waals surface area contributed by atoms with Gasteiger partial charge in [-0.3, -0.25) is 4.79 Å². The van der Waals surface area contributed by atoms with E-state index >= 15 is 0 Å². The monoisotopic (exact) mass is 279 g/mol. The highest BCUT2D eigenvalue weighted by atomic mass is 32.2. The average Bonchev–Trinajstić information content (AvgIpc) is 2.42. The Morgan fingerprint density at radius 1 is 1.00 bits per heavy atom. The second-order valence-corrected chi connectivity index (χ2v) is 4.80. The molecule has 2 aromatic carbocycles. The molecule has 2 aromatic rings. The molecule has 0 aliphatic heterocycles. The first kappa shape index (κ1) is 13.5. The van der Waals surface area contributed by atoms with E-state index in [1.165, 1.54) is 17.8 Å². The molecule has 0 atom stereocenters. The third kappa shape index (κ3) is 3.79. The van der Waals surface area contributed by atoms with Gasteiger partial charge in [0.1, 0.15) is 17.3 Å². The molecule has 0 unspecified atom stereocenters. The predicted molar refractivity (Wildman–Crippen MR) is 72.2 cm³/mol. The van der Waals surface area contributed by atoms with Crippen LogP contribution in [0.3, 0.4) is 0 Å². The third-order valence-electron chi connectivity index (χ3n) is 2.34. The van der Waals surface area contributed by atoms with E-state index in [1.54, 1.807) is 0 Å². The van der Waals surface area contributed by atoms with Gasteiger partial charge in [0.2, 0.25) is 5.91 Å². The Kier molecular flexibility index (Phi) is 4.52. The molecule has 2 nitrogen and oxygen atoms in total. The van der Waals surface area contributed by atoms with Crippen molar-refractivity contribution in [3.05, 3.63) is 60.2 Å². The minimum absolute atomic E-state index is 0.0950. The van der Waals surface area contributed by atoms with Gasteiger partial charge < -0.3 is 5.32 Å². The number of carbonyl (C=O) groups excluding carboxylic acids is 1. The standard InChI is InChI=1S/C14H11F2NOS/c15-11-7-4-8-12(16)14(11)17-13(18)9-19-10-5-2-1-3-6-10/h1-8H,9H2,(H,17,18). The second-order valence-electron chi connectivity index (χ2n) is 3.75. The van der Waals surface area contributed by atoms with Crippen LogP contribution < -0.4 is 5.32 Å². The fraction of sp³-hybridized carbons (Fsp3) is 0.0714. The Balaban J connectivity index is 1.95. The number of nitrogens with one attached hydrogen (secondary N) is 1. The molecule has 0 aliphatic rings. The van der Waals surface area contributed by atoms with Gasteiger partial charge in [-0.25, -0.2) is 8.78 Å². The fourth-order valence-electron chi connectivity index (χ4n) is 1.46. The van der Waals surface area contributed by atoms with Gasteiger partial charge in [-0.05, 0) is 24.3 Å². The van der Waals surface area contributed by atoms with Crippen molar-refractivity contribution in [1.82, 2.24) is 0 Å². The number of thioether (sulfide) groups is 1. The number of anilines is 1. The molecular formula is C14H11F2NOS. The quantitative estimate of drug-likeness (QED) is 0.865. The predicted octanol–water partition coefficient (Wildman–Crippen LogP) is 3.70. The normalized spacial score (nSPS) is 10.2. The Hall–Kier alpha value is -1.88. The van der Waals surface area contributed by atoms with Gasteiger partial charge in [-0.15, -0.1) is 11.8 Å². The maximum atomic E-state index is 13.3. The second kappa shape index (κ2) is 6.33. The van der Waals surface area contributed by atoms with E-state index in [0.717, 1.165) is 17.0 Å². The molecule has 1 N–H and O–H groups in total. The first-order valence-electron chi connectivity index (χ1n) is 5.58. The number of para-hydroxylation sites is 1. The van der Waals surface area contributed by atoms with E-state index in [1.807, 2.05) is 30.3 Å². The van der Waals surface area contributed by atoms with Crippen LogP contribution in [0.4, 0.5) is 14.5 Å². The zero-order valence-corrected chi connectivity index (χ0v) is 10.7. The van der Waals surface area contributed by atoms with Crippen molar-refractivity contribution >= 4 is 23.4 Å². The summed E-state index contributed by atoms with van der Waals surface area (Å²) in [7, 11) is 0.